The molecule has 0 saturated carbocycles. The Bertz CT molecular complexity index is 959. The summed E-state index contributed by atoms with van der Waals surface area (Å²) < 4.78 is 5.20. The maximum absolute atomic E-state index is 12.8. The number of rotatable bonds is 6. The Morgan fingerprint density at radius 3 is 2.52 bits per heavy atom. The number of amides is 2. The van der Waals surface area contributed by atoms with Crippen LogP contribution in [0.1, 0.15) is 18.1 Å². The molecular weight excluding hydrogens is 342 g/mol. The lowest BCUT2D eigenvalue weighted by Crippen LogP contribution is -2.50. The largest absolute Gasteiger partial charge is 0.433 e. The number of ether oxygens (including phenoxy) is 1. The van der Waals surface area contributed by atoms with E-state index in [1.54, 1.807) is 13.1 Å². The van der Waals surface area contributed by atoms with E-state index in [0.29, 0.717) is 6.54 Å². The Labute approximate surface area is 157 Å². The number of hydrogen-bond donors (Lipinski definition) is 2. The monoisotopic (exact) mass is 363 g/mol. The van der Waals surface area contributed by atoms with Crippen LogP contribution in [0.5, 0.6) is 0 Å². The molecule has 138 valence electrons. The van der Waals surface area contributed by atoms with E-state index in [0.717, 1.165) is 22.0 Å². The molecule has 1 atom stereocenters. The highest BCUT2D eigenvalue weighted by Crippen LogP contribution is 2.21. The van der Waals surface area contributed by atoms with Gasteiger partial charge in [-0.25, -0.2) is 4.79 Å². The fraction of sp³-hybridized carbons (Fsp3) is 0.190. The topological polar surface area (TPSA) is 94.3 Å². The van der Waals surface area contributed by atoms with E-state index < -0.39 is 17.6 Å². The van der Waals surface area contributed by atoms with Crippen molar-refractivity contribution in [2.75, 3.05) is 0 Å². The molecule has 6 nitrogen and oxygen atoms in total. The van der Waals surface area contributed by atoms with Gasteiger partial charge in [0, 0.05) is 24.5 Å². The third-order valence-electron chi connectivity index (χ3n) is 4.29. The van der Waals surface area contributed by atoms with Gasteiger partial charge in [-0.05, 0) is 30.2 Å². The molecule has 1 unspecified atom stereocenters. The highest BCUT2D eigenvalue weighted by atomic mass is 16.6. The summed E-state index contributed by atoms with van der Waals surface area (Å²) in [6.07, 6.45) is 0.838. The summed E-state index contributed by atoms with van der Waals surface area (Å²) in [7, 11) is 0. The first kappa shape index (κ1) is 18.4. The van der Waals surface area contributed by atoms with E-state index in [4.69, 9.17) is 10.5 Å². The summed E-state index contributed by atoms with van der Waals surface area (Å²) >= 11 is 0. The first-order valence-electron chi connectivity index (χ1n) is 8.61. The Morgan fingerprint density at radius 1 is 1.07 bits per heavy atom. The quantitative estimate of drug-likeness (QED) is 0.704. The van der Waals surface area contributed by atoms with Gasteiger partial charge in [-0.3, -0.25) is 9.78 Å². The zero-order valence-corrected chi connectivity index (χ0v) is 15.0. The van der Waals surface area contributed by atoms with Crippen LogP contribution in [0.15, 0.2) is 66.9 Å². The van der Waals surface area contributed by atoms with E-state index >= 15 is 0 Å². The Kier molecular flexibility index (Phi) is 5.35. The average molecular weight is 363 g/mol. The van der Waals surface area contributed by atoms with Crippen molar-refractivity contribution in [3.8, 4) is 0 Å². The van der Waals surface area contributed by atoms with Crippen molar-refractivity contribution in [3.05, 3.63) is 78.0 Å². The molecule has 3 aromatic rings. The number of fused-ring (bicyclic) bond motifs is 1. The van der Waals surface area contributed by atoms with Gasteiger partial charge < -0.3 is 15.8 Å². The van der Waals surface area contributed by atoms with Gasteiger partial charge in [-0.1, -0.05) is 48.5 Å². The van der Waals surface area contributed by atoms with Gasteiger partial charge in [-0.15, -0.1) is 0 Å². The highest BCUT2D eigenvalue weighted by Gasteiger charge is 2.37. The third-order valence-corrected chi connectivity index (χ3v) is 4.29. The molecular formula is C21H21N3O3. The van der Waals surface area contributed by atoms with Gasteiger partial charge in [0.15, 0.2) is 5.60 Å². The lowest BCUT2D eigenvalue weighted by molar-refractivity contribution is -0.138. The van der Waals surface area contributed by atoms with Gasteiger partial charge in [0.25, 0.3) is 5.91 Å². The molecule has 0 radical (unpaired) electrons. The number of primary amides is 1. The zero-order chi connectivity index (χ0) is 19.3. The van der Waals surface area contributed by atoms with E-state index in [2.05, 4.69) is 10.3 Å². The summed E-state index contributed by atoms with van der Waals surface area (Å²) in [5.41, 5.74) is 6.34. The van der Waals surface area contributed by atoms with E-state index in [1.807, 2.05) is 60.7 Å². The second-order valence-electron chi connectivity index (χ2n) is 6.53. The molecule has 0 spiro atoms. The molecule has 3 N–H and O–H groups in total. The second-order valence-corrected chi connectivity index (χ2v) is 6.53. The van der Waals surface area contributed by atoms with Crippen LogP contribution in [0.2, 0.25) is 0 Å². The summed E-state index contributed by atoms with van der Waals surface area (Å²) in [5.74, 6) is -0.418. The van der Waals surface area contributed by atoms with Crippen LogP contribution in [0.3, 0.4) is 0 Å². The molecule has 0 aliphatic carbocycles. The normalized spacial score (nSPS) is 12.9. The molecule has 3 rings (SSSR count). The molecule has 1 aromatic heterocycles. The number of carbonyl (C=O) groups is 2. The van der Waals surface area contributed by atoms with Gasteiger partial charge >= 0.3 is 6.09 Å². The van der Waals surface area contributed by atoms with Crippen molar-refractivity contribution < 1.29 is 14.3 Å². The maximum Gasteiger partial charge on any atom is 0.405 e. The van der Waals surface area contributed by atoms with Crippen LogP contribution < -0.4 is 11.1 Å². The predicted octanol–water partition coefficient (Wildman–Crippen LogP) is 2.95. The molecule has 6 heteroatoms. The lowest BCUT2D eigenvalue weighted by Gasteiger charge is -2.27. The predicted molar refractivity (Wildman–Crippen MR) is 103 cm³/mol. The fourth-order valence-electron chi connectivity index (χ4n) is 2.95. The number of benzene rings is 2. The Morgan fingerprint density at radius 2 is 1.78 bits per heavy atom. The van der Waals surface area contributed by atoms with Crippen LogP contribution >= 0.6 is 0 Å². The Balaban J connectivity index is 1.79. The smallest absolute Gasteiger partial charge is 0.405 e. The number of nitrogens with one attached hydrogen (secondary N) is 1. The van der Waals surface area contributed by atoms with Crippen molar-refractivity contribution in [1.82, 2.24) is 10.3 Å². The number of pyridine rings is 1. The minimum atomic E-state index is -1.44. The van der Waals surface area contributed by atoms with Gasteiger partial charge in [0.2, 0.25) is 0 Å². The van der Waals surface area contributed by atoms with Gasteiger partial charge in [-0.2, -0.15) is 0 Å². The third kappa shape index (κ3) is 4.61. The van der Waals surface area contributed by atoms with Gasteiger partial charge in [0.1, 0.15) is 0 Å². The number of nitrogens with two attached hydrogens (primary N) is 1. The molecule has 2 amide bonds. The van der Waals surface area contributed by atoms with Crippen LogP contribution in [-0.4, -0.2) is 22.6 Å². The van der Waals surface area contributed by atoms with Crippen LogP contribution in [0, 0.1) is 0 Å². The van der Waals surface area contributed by atoms with Crippen LogP contribution in [0.25, 0.3) is 10.9 Å². The Hall–Kier alpha value is -3.41. The molecule has 27 heavy (non-hydrogen) atoms. The molecule has 0 fully saturated rings. The molecule has 2 aromatic carbocycles. The summed E-state index contributed by atoms with van der Waals surface area (Å²) in [5, 5.41) is 3.76. The minimum absolute atomic E-state index is 0.161. The SMILES string of the molecule is CC(Cc1cnc2ccccc2c1)(OC(N)=O)C(=O)NCc1ccccc1. The van der Waals surface area contributed by atoms with Gasteiger partial charge in [0.05, 0.1) is 5.52 Å². The highest BCUT2D eigenvalue weighted by molar-refractivity contribution is 5.87. The summed E-state index contributed by atoms with van der Waals surface area (Å²) in [6.45, 7) is 1.88. The molecule has 0 aliphatic heterocycles. The molecule has 0 aliphatic rings. The van der Waals surface area contributed by atoms with Crippen molar-refractivity contribution in [1.29, 1.82) is 0 Å². The average Bonchev–Trinajstić information content (AvgIpc) is 2.66. The van der Waals surface area contributed by atoms with Crippen molar-refractivity contribution in [2.45, 2.75) is 25.5 Å². The van der Waals surface area contributed by atoms with E-state index in [9.17, 15) is 9.59 Å². The summed E-state index contributed by atoms with van der Waals surface area (Å²) in [6, 6.07) is 19.1. The summed E-state index contributed by atoms with van der Waals surface area (Å²) in [4.78, 5) is 28.6. The minimum Gasteiger partial charge on any atom is -0.433 e. The number of carbonyl (C=O) groups excluding carboxylic acids is 2. The maximum atomic E-state index is 12.8. The fourth-order valence-corrected chi connectivity index (χ4v) is 2.95. The molecule has 0 saturated heterocycles. The number of hydrogen-bond acceptors (Lipinski definition) is 4. The van der Waals surface area contributed by atoms with Crippen molar-refractivity contribution in [2.24, 2.45) is 5.73 Å². The molecule has 0 bridgehead atoms. The standard InChI is InChI=1S/C21H21N3O3/c1-21(27-20(22)26,19(25)24-13-15-7-3-2-4-8-15)12-16-11-17-9-5-6-10-18(17)23-14-16/h2-11,14H,12-13H2,1H3,(H2,22,26)(H,24,25). The number of para-hydroxylation sites is 1. The second kappa shape index (κ2) is 7.86. The van der Waals surface area contributed by atoms with Crippen LogP contribution in [0.4, 0.5) is 4.79 Å². The van der Waals surface area contributed by atoms with E-state index in [1.165, 1.54) is 0 Å². The molecule has 1 heterocycles. The zero-order valence-electron chi connectivity index (χ0n) is 15.0. The van der Waals surface area contributed by atoms with Crippen molar-refractivity contribution >= 4 is 22.9 Å². The first-order chi connectivity index (χ1) is 13.0. The number of aromatic nitrogens is 1. The lowest BCUT2D eigenvalue weighted by atomic mass is 9.95. The number of nitrogens with zero attached hydrogens (tertiary/aromatic N) is 1. The van der Waals surface area contributed by atoms with E-state index in [-0.39, 0.29) is 6.42 Å². The first-order valence-corrected chi connectivity index (χ1v) is 8.61. The van der Waals surface area contributed by atoms with Crippen LogP contribution in [-0.2, 0) is 22.5 Å². The van der Waals surface area contributed by atoms with Crippen molar-refractivity contribution in [3.63, 3.8) is 0 Å².